The molecule has 1 aromatic rings. The smallest absolute Gasteiger partial charge is 0.161 e. The monoisotopic (exact) mass is 229 g/mol. The largest absolute Gasteiger partial charge is 0.486 e. The molecule has 1 aromatic carbocycles. The fourth-order valence-corrected chi connectivity index (χ4v) is 2.70. The fourth-order valence-electron chi connectivity index (χ4n) is 2.70. The van der Waals surface area contributed by atoms with Gasteiger partial charge in [-0.05, 0) is 30.0 Å². The van der Waals surface area contributed by atoms with Crippen molar-refractivity contribution in [2.75, 3.05) is 13.2 Å². The third-order valence-corrected chi connectivity index (χ3v) is 3.85. The van der Waals surface area contributed by atoms with Crippen LogP contribution in [-0.2, 0) is 5.41 Å². The van der Waals surface area contributed by atoms with Crippen LogP contribution in [0, 0.1) is 17.2 Å². The van der Waals surface area contributed by atoms with Gasteiger partial charge in [-0.15, -0.1) is 0 Å². The van der Waals surface area contributed by atoms with Crippen LogP contribution in [0.25, 0.3) is 0 Å². The highest BCUT2D eigenvalue weighted by Crippen LogP contribution is 2.56. The first-order valence-corrected chi connectivity index (χ1v) is 6.11. The molecule has 0 radical (unpaired) electrons. The van der Waals surface area contributed by atoms with Crippen molar-refractivity contribution in [3.63, 3.8) is 0 Å². The summed E-state index contributed by atoms with van der Waals surface area (Å²) in [6.45, 7) is 3.34. The lowest BCUT2D eigenvalue weighted by Crippen LogP contribution is -2.16. The van der Waals surface area contributed by atoms with Gasteiger partial charge in [0.25, 0.3) is 0 Å². The first-order valence-electron chi connectivity index (χ1n) is 6.11. The third-order valence-electron chi connectivity index (χ3n) is 3.85. The minimum absolute atomic E-state index is 0.273. The van der Waals surface area contributed by atoms with Crippen molar-refractivity contribution in [3.8, 4) is 17.6 Å². The Morgan fingerprint density at radius 2 is 2.12 bits per heavy atom. The van der Waals surface area contributed by atoms with Crippen molar-refractivity contribution in [1.82, 2.24) is 0 Å². The second-order valence-corrected chi connectivity index (χ2v) is 4.75. The van der Waals surface area contributed by atoms with Gasteiger partial charge in [-0.25, -0.2) is 0 Å². The Labute approximate surface area is 101 Å². The van der Waals surface area contributed by atoms with Crippen LogP contribution in [0.15, 0.2) is 18.2 Å². The van der Waals surface area contributed by atoms with E-state index in [4.69, 9.17) is 9.47 Å². The molecule has 17 heavy (non-hydrogen) atoms. The van der Waals surface area contributed by atoms with Crippen LogP contribution in [0.4, 0.5) is 0 Å². The lowest BCUT2D eigenvalue weighted by Gasteiger charge is -2.20. The summed E-state index contributed by atoms with van der Waals surface area (Å²) < 4.78 is 11.1. The van der Waals surface area contributed by atoms with Gasteiger partial charge in [-0.2, -0.15) is 5.26 Å². The molecule has 0 bridgehead atoms. The summed E-state index contributed by atoms with van der Waals surface area (Å²) in [6.07, 6.45) is 2.03. The molecule has 1 aliphatic heterocycles. The molecule has 2 atom stereocenters. The summed E-state index contributed by atoms with van der Waals surface area (Å²) >= 11 is 0. The molecule has 1 aliphatic carbocycles. The minimum Gasteiger partial charge on any atom is -0.486 e. The number of hydrogen-bond acceptors (Lipinski definition) is 3. The van der Waals surface area contributed by atoms with Crippen LogP contribution in [0.5, 0.6) is 11.5 Å². The van der Waals surface area contributed by atoms with Gasteiger partial charge in [0.05, 0.1) is 11.5 Å². The molecule has 1 saturated carbocycles. The topological polar surface area (TPSA) is 42.2 Å². The zero-order valence-corrected chi connectivity index (χ0v) is 9.90. The average Bonchev–Trinajstić information content (AvgIpc) is 3.13. The number of rotatable bonds is 2. The quantitative estimate of drug-likeness (QED) is 0.783. The van der Waals surface area contributed by atoms with Crippen LogP contribution in [0.1, 0.15) is 25.3 Å². The van der Waals surface area contributed by atoms with Crippen molar-refractivity contribution < 1.29 is 9.47 Å². The summed E-state index contributed by atoms with van der Waals surface area (Å²) in [7, 11) is 0. The maximum Gasteiger partial charge on any atom is 0.161 e. The molecule has 3 nitrogen and oxygen atoms in total. The van der Waals surface area contributed by atoms with E-state index in [1.165, 1.54) is 0 Å². The Kier molecular flexibility index (Phi) is 2.25. The Morgan fingerprint density at radius 3 is 2.76 bits per heavy atom. The molecule has 0 spiro atoms. The molecule has 2 aliphatic rings. The van der Waals surface area contributed by atoms with Crippen LogP contribution >= 0.6 is 0 Å². The van der Waals surface area contributed by atoms with E-state index in [-0.39, 0.29) is 5.41 Å². The van der Waals surface area contributed by atoms with Crippen LogP contribution < -0.4 is 9.47 Å². The second-order valence-electron chi connectivity index (χ2n) is 4.75. The molecule has 1 fully saturated rings. The number of fused-ring (bicyclic) bond motifs is 1. The number of hydrogen-bond donors (Lipinski definition) is 0. The second kappa shape index (κ2) is 3.66. The van der Waals surface area contributed by atoms with Gasteiger partial charge in [0.2, 0.25) is 0 Å². The van der Waals surface area contributed by atoms with E-state index in [2.05, 4.69) is 13.0 Å². The maximum absolute atomic E-state index is 9.39. The zero-order valence-electron chi connectivity index (χ0n) is 9.90. The normalized spacial score (nSPS) is 29.5. The van der Waals surface area contributed by atoms with E-state index in [1.54, 1.807) is 0 Å². The Bertz CT molecular complexity index is 491. The number of nitriles is 1. The van der Waals surface area contributed by atoms with Crippen molar-refractivity contribution in [1.29, 1.82) is 5.26 Å². The van der Waals surface area contributed by atoms with Gasteiger partial charge in [-0.3, -0.25) is 0 Å². The maximum atomic E-state index is 9.39. The summed E-state index contributed by atoms with van der Waals surface area (Å²) in [4.78, 5) is 0. The van der Waals surface area contributed by atoms with E-state index >= 15 is 0 Å². The molecule has 1 heterocycles. The van der Waals surface area contributed by atoms with Crippen LogP contribution in [0.2, 0.25) is 0 Å². The Morgan fingerprint density at radius 1 is 1.35 bits per heavy atom. The van der Waals surface area contributed by atoms with Gasteiger partial charge >= 0.3 is 0 Å². The van der Waals surface area contributed by atoms with Crippen LogP contribution in [0.3, 0.4) is 0 Å². The van der Waals surface area contributed by atoms with Crippen LogP contribution in [-0.4, -0.2) is 13.2 Å². The summed E-state index contributed by atoms with van der Waals surface area (Å²) in [5.41, 5.74) is 0.806. The molecule has 2 unspecified atom stereocenters. The third kappa shape index (κ3) is 1.48. The standard InChI is InChI=1S/C14H15NO2/c1-2-10-8-14(10,9-15)11-3-4-12-13(7-11)17-6-5-16-12/h3-4,7,10H,2,5-6,8H2,1H3. The highest BCUT2D eigenvalue weighted by atomic mass is 16.6. The molecule has 0 saturated heterocycles. The number of nitrogens with zero attached hydrogens (tertiary/aromatic N) is 1. The summed E-state index contributed by atoms with van der Waals surface area (Å²) in [6, 6.07) is 8.39. The molecule has 3 rings (SSSR count). The molecule has 0 aromatic heterocycles. The SMILES string of the molecule is CCC1CC1(C#N)c1ccc2c(c1)OCCO2. The molecule has 0 N–H and O–H groups in total. The number of ether oxygens (including phenoxy) is 2. The van der Waals surface area contributed by atoms with Gasteiger partial charge in [-0.1, -0.05) is 19.4 Å². The first kappa shape index (κ1) is 10.5. The number of benzene rings is 1. The lowest BCUT2D eigenvalue weighted by atomic mass is 9.93. The van der Waals surface area contributed by atoms with Gasteiger partial charge in [0, 0.05) is 0 Å². The van der Waals surface area contributed by atoms with E-state index in [9.17, 15) is 5.26 Å². The summed E-state index contributed by atoms with van der Waals surface area (Å²) in [5.74, 6) is 2.07. The highest BCUT2D eigenvalue weighted by molar-refractivity contribution is 5.50. The first-order chi connectivity index (χ1) is 8.30. The van der Waals surface area contributed by atoms with E-state index in [1.807, 2.05) is 18.2 Å². The van der Waals surface area contributed by atoms with E-state index in [0.29, 0.717) is 19.1 Å². The van der Waals surface area contributed by atoms with Crippen molar-refractivity contribution in [3.05, 3.63) is 23.8 Å². The Balaban J connectivity index is 1.97. The van der Waals surface area contributed by atoms with Gasteiger partial charge in [0.15, 0.2) is 11.5 Å². The van der Waals surface area contributed by atoms with Gasteiger partial charge < -0.3 is 9.47 Å². The van der Waals surface area contributed by atoms with E-state index in [0.717, 1.165) is 29.9 Å². The van der Waals surface area contributed by atoms with Crippen molar-refractivity contribution in [2.45, 2.75) is 25.2 Å². The lowest BCUT2D eigenvalue weighted by molar-refractivity contribution is 0.171. The predicted molar refractivity (Wildman–Crippen MR) is 63.1 cm³/mol. The molecule has 88 valence electrons. The Hall–Kier alpha value is -1.69. The predicted octanol–water partition coefficient (Wildman–Crippen LogP) is 2.65. The molecule has 3 heteroatoms. The van der Waals surface area contributed by atoms with Gasteiger partial charge in [0.1, 0.15) is 13.2 Å². The minimum atomic E-state index is -0.273. The highest BCUT2D eigenvalue weighted by Gasteiger charge is 2.55. The summed E-state index contributed by atoms with van der Waals surface area (Å²) in [5, 5.41) is 9.39. The van der Waals surface area contributed by atoms with Crippen molar-refractivity contribution >= 4 is 0 Å². The molecular formula is C14H15NO2. The molecular weight excluding hydrogens is 214 g/mol. The molecule has 0 amide bonds. The average molecular weight is 229 g/mol. The van der Waals surface area contributed by atoms with Crippen molar-refractivity contribution in [2.24, 2.45) is 5.92 Å². The van der Waals surface area contributed by atoms with E-state index < -0.39 is 0 Å². The fraction of sp³-hybridized carbons (Fsp3) is 0.500. The zero-order chi connectivity index (χ0) is 11.9.